The predicted molar refractivity (Wildman–Crippen MR) is 113 cm³/mol. The molecule has 2 bridgehead atoms. The lowest BCUT2D eigenvalue weighted by Crippen LogP contribution is -2.46. The summed E-state index contributed by atoms with van der Waals surface area (Å²) in [5.74, 6) is 0.468. The minimum atomic E-state index is -0.574. The predicted octanol–water partition coefficient (Wildman–Crippen LogP) is 3.84. The third-order valence-electron chi connectivity index (χ3n) is 5.59. The third-order valence-corrected chi connectivity index (χ3v) is 5.59. The summed E-state index contributed by atoms with van der Waals surface area (Å²) in [6, 6.07) is 4.69. The van der Waals surface area contributed by atoms with Crippen molar-refractivity contribution in [3.05, 3.63) is 17.8 Å². The van der Waals surface area contributed by atoms with Crippen LogP contribution in [0.2, 0.25) is 0 Å². The van der Waals surface area contributed by atoms with E-state index in [-0.39, 0.29) is 6.29 Å². The fourth-order valence-corrected chi connectivity index (χ4v) is 4.34. The number of amides is 1. The van der Waals surface area contributed by atoms with Crippen molar-refractivity contribution in [2.45, 2.75) is 83.5 Å². The number of hydrogen-bond acceptors (Lipinski definition) is 7. The van der Waals surface area contributed by atoms with Crippen LogP contribution in [0.1, 0.15) is 58.6 Å². The van der Waals surface area contributed by atoms with Crippen molar-refractivity contribution >= 4 is 17.6 Å². The van der Waals surface area contributed by atoms with Gasteiger partial charge in [-0.15, -0.1) is 0 Å². The number of fused-ring (bicyclic) bond motifs is 2. The molecule has 1 amide bonds. The SMILES string of the molecule is CC(C)(C)OC(=O)Nc1cc(N2C3CCC2COC3)cc(COC2CCCCO2)n1. The molecular weight excluding hydrogens is 386 g/mol. The minimum Gasteiger partial charge on any atom is -0.444 e. The van der Waals surface area contributed by atoms with Crippen LogP contribution < -0.4 is 10.2 Å². The lowest BCUT2D eigenvalue weighted by molar-refractivity contribution is -0.169. The number of morpholine rings is 1. The van der Waals surface area contributed by atoms with Crippen LogP contribution in [0.4, 0.5) is 16.3 Å². The van der Waals surface area contributed by atoms with Crippen molar-refractivity contribution < 1.29 is 23.7 Å². The van der Waals surface area contributed by atoms with Crippen LogP contribution >= 0.6 is 0 Å². The van der Waals surface area contributed by atoms with E-state index in [4.69, 9.17) is 18.9 Å². The first-order chi connectivity index (χ1) is 14.4. The Bertz CT molecular complexity index is 729. The molecule has 166 valence electrons. The van der Waals surface area contributed by atoms with E-state index in [0.717, 1.165) is 63.3 Å². The summed E-state index contributed by atoms with van der Waals surface area (Å²) >= 11 is 0. The number of ether oxygens (including phenoxy) is 4. The first kappa shape index (κ1) is 21.3. The Morgan fingerprint density at radius 3 is 2.63 bits per heavy atom. The highest BCUT2D eigenvalue weighted by atomic mass is 16.7. The topological polar surface area (TPSA) is 82.2 Å². The molecule has 0 aliphatic carbocycles. The van der Waals surface area contributed by atoms with E-state index in [1.165, 1.54) is 0 Å². The average Bonchev–Trinajstić information content (AvgIpc) is 2.94. The number of anilines is 2. The van der Waals surface area contributed by atoms with Gasteiger partial charge in [-0.1, -0.05) is 0 Å². The zero-order valence-corrected chi connectivity index (χ0v) is 18.2. The molecule has 30 heavy (non-hydrogen) atoms. The fraction of sp³-hybridized carbons (Fsp3) is 0.727. The molecule has 0 radical (unpaired) electrons. The summed E-state index contributed by atoms with van der Waals surface area (Å²) in [4.78, 5) is 19.3. The van der Waals surface area contributed by atoms with Gasteiger partial charge >= 0.3 is 6.09 Å². The maximum absolute atomic E-state index is 12.3. The van der Waals surface area contributed by atoms with Crippen molar-refractivity contribution in [2.75, 3.05) is 30.0 Å². The summed E-state index contributed by atoms with van der Waals surface area (Å²) < 4.78 is 22.8. The van der Waals surface area contributed by atoms with Gasteiger partial charge in [0.2, 0.25) is 0 Å². The van der Waals surface area contributed by atoms with Crippen molar-refractivity contribution in [2.24, 2.45) is 0 Å². The van der Waals surface area contributed by atoms with Gasteiger partial charge in [0, 0.05) is 18.4 Å². The lowest BCUT2D eigenvalue weighted by atomic mass is 10.2. The Balaban J connectivity index is 1.53. The number of carbonyl (C=O) groups excluding carboxylic acids is 1. The Kier molecular flexibility index (Phi) is 6.46. The summed E-state index contributed by atoms with van der Waals surface area (Å²) in [5, 5.41) is 2.79. The summed E-state index contributed by atoms with van der Waals surface area (Å²) in [7, 11) is 0. The van der Waals surface area contributed by atoms with Crippen LogP contribution in [-0.2, 0) is 25.6 Å². The molecule has 0 spiro atoms. The first-order valence-corrected chi connectivity index (χ1v) is 11.0. The zero-order valence-electron chi connectivity index (χ0n) is 18.2. The molecule has 4 heterocycles. The smallest absolute Gasteiger partial charge is 0.413 e. The molecule has 8 nitrogen and oxygen atoms in total. The summed E-state index contributed by atoms with van der Waals surface area (Å²) in [6.07, 6.45) is 4.62. The van der Waals surface area contributed by atoms with Crippen LogP contribution in [0.25, 0.3) is 0 Å². The maximum atomic E-state index is 12.3. The van der Waals surface area contributed by atoms with Gasteiger partial charge in [-0.2, -0.15) is 0 Å². The Morgan fingerprint density at radius 2 is 1.97 bits per heavy atom. The molecule has 3 saturated heterocycles. The largest absolute Gasteiger partial charge is 0.444 e. The molecule has 4 rings (SSSR count). The van der Waals surface area contributed by atoms with Crippen LogP contribution in [0.5, 0.6) is 0 Å². The average molecular weight is 420 g/mol. The second-order valence-corrected chi connectivity index (χ2v) is 9.27. The van der Waals surface area contributed by atoms with Crippen molar-refractivity contribution in [1.82, 2.24) is 4.98 Å². The third kappa shape index (κ3) is 5.42. The van der Waals surface area contributed by atoms with Gasteiger partial charge in [-0.3, -0.25) is 5.32 Å². The second kappa shape index (κ2) is 9.08. The van der Waals surface area contributed by atoms with Crippen molar-refractivity contribution in [1.29, 1.82) is 0 Å². The number of aromatic nitrogens is 1. The van der Waals surface area contributed by atoms with Crippen LogP contribution in [-0.4, -0.2) is 54.9 Å². The molecule has 3 unspecified atom stereocenters. The van der Waals surface area contributed by atoms with Crippen LogP contribution in [0.3, 0.4) is 0 Å². The van der Waals surface area contributed by atoms with Gasteiger partial charge < -0.3 is 23.8 Å². The maximum Gasteiger partial charge on any atom is 0.413 e. The second-order valence-electron chi connectivity index (χ2n) is 9.27. The molecule has 3 aliphatic heterocycles. The standard InChI is InChI=1S/C22H33N3O5/c1-22(2,3)30-21(26)24-19-11-18(25-16-7-8-17(25)14-27-13-16)10-15(23-19)12-29-20-6-4-5-9-28-20/h10-11,16-17,20H,4-9,12-14H2,1-3H3,(H,23,24,26). The number of nitrogens with zero attached hydrogens (tertiary/aromatic N) is 2. The zero-order chi connectivity index (χ0) is 21.1. The highest BCUT2D eigenvalue weighted by molar-refractivity contribution is 5.84. The van der Waals surface area contributed by atoms with Gasteiger partial charge in [0.25, 0.3) is 0 Å². The van der Waals surface area contributed by atoms with E-state index >= 15 is 0 Å². The molecular formula is C22H33N3O5. The van der Waals surface area contributed by atoms with Crippen LogP contribution in [0, 0.1) is 0 Å². The molecule has 1 aromatic heterocycles. The highest BCUT2D eigenvalue weighted by Crippen LogP contribution is 2.35. The van der Waals surface area contributed by atoms with E-state index in [2.05, 4.69) is 21.3 Å². The van der Waals surface area contributed by atoms with Gasteiger partial charge in [0.1, 0.15) is 11.4 Å². The number of nitrogens with one attached hydrogen (secondary N) is 1. The number of rotatable bonds is 5. The van der Waals surface area contributed by atoms with Crippen molar-refractivity contribution in [3.8, 4) is 0 Å². The van der Waals surface area contributed by atoms with Crippen LogP contribution in [0.15, 0.2) is 12.1 Å². The highest BCUT2D eigenvalue weighted by Gasteiger charge is 2.37. The van der Waals surface area contributed by atoms with E-state index in [1.807, 2.05) is 26.8 Å². The summed E-state index contributed by atoms with van der Waals surface area (Å²) in [6.45, 7) is 8.05. The Morgan fingerprint density at radius 1 is 1.20 bits per heavy atom. The van der Waals surface area contributed by atoms with Gasteiger partial charge in [-0.25, -0.2) is 9.78 Å². The molecule has 0 saturated carbocycles. The lowest BCUT2D eigenvalue weighted by Gasteiger charge is -2.37. The molecule has 3 fully saturated rings. The van der Waals surface area contributed by atoms with Gasteiger partial charge in [0.05, 0.1) is 37.6 Å². The van der Waals surface area contributed by atoms with Gasteiger partial charge in [-0.05, 0) is 58.9 Å². The van der Waals surface area contributed by atoms with E-state index in [1.54, 1.807) is 0 Å². The van der Waals surface area contributed by atoms with Gasteiger partial charge in [0.15, 0.2) is 6.29 Å². The first-order valence-electron chi connectivity index (χ1n) is 11.0. The number of pyridine rings is 1. The monoisotopic (exact) mass is 419 g/mol. The van der Waals surface area contributed by atoms with E-state index in [9.17, 15) is 4.79 Å². The molecule has 0 aromatic carbocycles. The minimum absolute atomic E-state index is 0.189. The molecule has 3 aliphatic rings. The molecule has 8 heteroatoms. The summed E-state index contributed by atoms with van der Waals surface area (Å²) in [5.41, 5.74) is 1.23. The molecule has 3 atom stereocenters. The van der Waals surface area contributed by atoms with E-state index in [0.29, 0.717) is 24.5 Å². The quantitative estimate of drug-likeness (QED) is 0.776. The normalized spacial score (nSPS) is 26.5. The molecule has 1 N–H and O–H groups in total. The Labute approximate surface area is 178 Å². The number of carbonyl (C=O) groups is 1. The fourth-order valence-electron chi connectivity index (χ4n) is 4.34. The Hall–Kier alpha value is -1.90. The number of hydrogen-bond donors (Lipinski definition) is 1. The van der Waals surface area contributed by atoms with Crippen molar-refractivity contribution in [3.63, 3.8) is 0 Å². The van der Waals surface area contributed by atoms with E-state index < -0.39 is 11.7 Å². The molecule has 1 aromatic rings.